The van der Waals surface area contributed by atoms with Gasteiger partial charge in [-0.3, -0.25) is 0 Å². The molecular weight excluding hydrogens is 328 g/mol. The Hall–Kier alpha value is -0.613. The number of cyclic esters (lactones) is 1. The van der Waals surface area contributed by atoms with E-state index in [0.717, 1.165) is 18.8 Å². The third kappa shape index (κ3) is 3.90. The van der Waals surface area contributed by atoms with E-state index in [1.165, 1.54) is 32.1 Å². The summed E-state index contributed by atoms with van der Waals surface area (Å²) in [6.07, 6.45) is 8.69. The average Bonchev–Trinajstić information content (AvgIpc) is 2.98. The normalized spacial score (nSPS) is 40.0. The van der Waals surface area contributed by atoms with Crippen molar-refractivity contribution in [1.29, 1.82) is 0 Å². The zero-order valence-corrected chi connectivity index (χ0v) is 17.8. The summed E-state index contributed by atoms with van der Waals surface area (Å²) in [5.41, 5.74) is 1.04. The molecule has 3 fully saturated rings. The van der Waals surface area contributed by atoms with E-state index in [-0.39, 0.29) is 12.1 Å². The van der Waals surface area contributed by atoms with Gasteiger partial charge in [0.2, 0.25) is 0 Å². The molecule has 142 valence electrons. The number of rotatable bonds is 5. The van der Waals surface area contributed by atoms with Crippen LogP contribution < -0.4 is 0 Å². The first-order valence-corrected chi connectivity index (χ1v) is 13.6. The van der Waals surface area contributed by atoms with Crippen LogP contribution in [-0.2, 0) is 14.0 Å². The molecule has 0 N–H and O–H groups in total. The fraction of sp³-hybridized carbons (Fsp3) is 0.857. The van der Waals surface area contributed by atoms with Crippen molar-refractivity contribution in [3.05, 3.63) is 12.2 Å². The predicted octanol–water partition coefficient (Wildman–Crippen LogP) is 5.32. The monoisotopic (exact) mass is 364 g/mol. The van der Waals surface area contributed by atoms with Crippen LogP contribution in [0.1, 0.15) is 58.8 Å². The van der Waals surface area contributed by atoms with Crippen molar-refractivity contribution in [3.63, 3.8) is 0 Å². The molecule has 6 atom stereocenters. The van der Waals surface area contributed by atoms with Gasteiger partial charge in [-0.15, -0.1) is 0 Å². The smallest absolute Gasteiger partial charge is 0.333 e. The van der Waals surface area contributed by atoms with Crippen molar-refractivity contribution in [2.45, 2.75) is 90.6 Å². The minimum Gasteiger partial charge on any atom is -0.459 e. The van der Waals surface area contributed by atoms with Gasteiger partial charge >= 0.3 is 5.97 Å². The number of esters is 1. The number of ether oxygens (including phenoxy) is 1. The summed E-state index contributed by atoms with van der Waals surface area (Å²) in [5, 5.41) is 0. The van der Waals surface area contributed by atoms with Crippen LogP contribution in [0.4, 0.5) is 0 Å². The van der Waals surface area contributed by atoms with Crippen LogP contribution in [0.3, 0.4) is 0 Å². The second-order valence-corrected chi connectivity index (χ2v) is 14.5. The summed E-state index contributed by atoms with van der Waals surface area (Å²) >= 11 is 0. The highest BCUT2D eigenvalue weighted by molar-refractivity contribution is 6.69. The highest BCUT2D eigenvalue weighted by atomic mass is 28.4. The van der Waals surface area contributed by atoms with Crippen LogP contribution >= 0.6 is 0 Å². The Bertz CT molecular complexity index is 522. The van der Waals surface area contributed by atoms with Gasteiger partial charge in [-0.1, -0.05) is 26.8 Å². The van der Waals surface area contributed by atoms with Gasteiger partial charge in [0.05, 0.1) is 0 Å². The lowest BCUT2D eigenvalue weighted by Gasteiger charge is -2.48. The maximum Gasteiger partial charge on any atom is 0.333 e. The van der Waals surface area contributed by atoms with E-state index in [0.29, 0.717) is 28.9 Å². The quantitative estimate of drug-likeness (QED) is 0.376. The summed E-state index contributed by atoms with van der Waals surface area (Å²) in [7, 11) is -1.50. The first-order chi connectivity index (χ1) is 11.6. The van der Waals surface area contributed by atoms with Gasteiger partial charge in [0.25, 0.3) is 0 Å². The van der Waals surface area contributed by atoms with E-state index >= 15 is 0 Å². The van der Waals surface area contributed by atoms with E-state index in [4.69, 9.17) is 9.16 Å². The van der Waals surface area contributed by atoms with Crippen molar-refractivity contribution < 1.29 is 14.0 Å². The lowest BCUT2D eigenvalue weighted by Crippen LogP contribution is -2.46. The molecule has 0 aromatic rings. The maximum absolute atomic E-state index is 11.6. The largest absolute Gasteiger partial charge is 0.459 e. The molecule has 1 aliphatic heterocycles. The van der Waals surface area contributed by atoms with E-state index < -0.39 is 8.32 Å². The molecule has 2 saturated carbocycles. The molecule has 4 heteroatoms. The standard InChI is InChI=1S/C21H36O3Si/c1-14(12-16-13-15(2)20(22)23-16)17-9-10-18-19(24-25(4,5)6)8-7-11-21(17,18)3/h14,16-19H,2,7-13H2,1,3-6H3/t14-,16+,17-,18?,19?,21-/m1/s1. The molecular formula is C21H36O3Si. The molecule has 0 aromatic heterocycles. The summed E-state index contributed by atoms with van der Waals surface area (Å²) in [5.74, 6) is 1.83. The molecule has 3 nitrogen and oxygen atoms in total. The van der Waals surface area contributed by atoms with Gasteiger partial charge in [0.15, 0.2) is 8.32 Å². The Morgan fingerprint density at radius 2 is 2.04 bits per heavy atom. The molecule has 1 saturated heterocycles. The van der Waals surface area contributed by atoms with Crippen LogP contribution in [0.2, 0.25) is 19.6 Å². The zero-order valence-electron chi connectivity index (χ0n) is 16.8. The summed E-state index contributed by atoms with van der Waals surface area (Å²) in [6.45, 7) is 15.7. The fourth-order valence-electron chi connectivity index (χ4n) is 6.03. The first-order valence-electron chi connectivity index (χ1n) is 10.2. The number of carbonyl (C=O) groups excluding carboxylic acids is 1. The molecule has 25 heavy (non-hydrogen) atoms. The Balaban J connectivity index is 1.67. The van der Waals surface area contributed by atoms with Gasteiger partial charge in [0.1, 0.15) is 6.10 Å². The molecule has 0 aromatic carbocycles. The van der Waals surface area contributed by atoms with Gasteiger partial charge in [0, 0.05) is 18.1 Å². The van der Waals surface area contributed by atoms with Gasteiger partial charge in [-0.05, 0) is 74.9 Å². The molecule has 0 amide bonds. The highest BCUT2D eigenvalue weighted by Crippen LogP contribution is 2.59. The highest BCUT2D eigenvalue weighted by Gasteiger charge is 2.53. The molecule has 0 radical (unpaired) electrons. The lowest BCUT2D eigenvalue weighted by molar-refractivity contribution is -0.139. The molecule has 2 aliphatic carbocycles. The van der Waals surface area contributed by atoms with Crippen LogP contribution in [0.5, 0.6) is 0 Å². The number of hydrogen-bond donors (Lipinski definition) is 0. The third-order valence-corrected chi connectivity index (χ3v) is 8.01. The lowest BCUT2D eigenvalue weighted by atomic mass is 9.61. The Morgan fingerprint density at radius 1 is 1.32 bits per heavy atom. The maximum atomic E-state index is 11.6. The van der Waals surface area contributed by atoms with E-state index in [2.05, 4.69) is 40.1 Å². The van der Waals surface area contributed by atoms with Crippen molar-refractivity contribution in [1.82, 2.24) is 0 Å². The van der Waals surface area contributed by atoms with Gasteiger partial charge < -0.3 is 9.16 Å². The van der Waals surface area contributed by atoms with Crippen LogP contribution in [0, 0.1) is 23.2 Å². The SMILES string of the molecule is C=C1C[C@H](C[C@@H](C)[C@H]2CCC3C(O[Si](C)(C)C)CCC[C@@]32C)OC1=O. The van der Waals surface area contributed by atoms with Gasteiger partial charge in [-0.2, -0.15) is 0 Å². The fourth-order valence-corrected chi connectivity index (χ4v) is 7.23. The van der Waals surface area contributed by atoms with Crippen LogP contribution in [0.15, 0.2) is 12.2 Å². The molecule has 0 bridgehead atoms. The zero-order chi connectivity index (χ0) is 18.4. The van der Waals surface area contributed by atoms with E-state index in [9.17, 15) is 4.79 Å². The average molecular weight is 365 g/mol. The Morgan fingerprint density at radius 3 is 2.64 bits per heavy atom. The van der Waals surface area contributed by atoms with Crippen LogP contribution in [-0.4, -0.2) is 26.5 Å². The number of fused-ring (bicyclic) bond motifs is 1. The molecule has 3 aliphatic rings. The van der Waals surface area contributed by atoms with E-state index in [1.54, 1.807) is 0 Å². The predicted molar refractivity (Wildman–Crippen MR) is 104 cm³/mol. The van der Waals surface area contributed by atoms with Crippen molar-refractivity contribution in [3.8, 4) is 0 Å². The van der Waals surface area contributed by atoms with E-state index in [1.807, 2.05) is 0 Å². The van der Waals surface area contributed by atoms with Crippen LogP contribution in [0.25, 0.3) is 0 Å². The first kappa shape index (κ1) is 19.2. The topological polar surface area (TPSA) is 35.5 Å². The number of carbonyl (C=O) groups is 1. The minimum absolute atomic E-state index is 0.0512. The second-order valence-electron chi connectivity index (χ2n) is 10.0. The Labute approximate surface area is 154 Å². The van der Waals surface area contributed by atoms with Crippen molar-refractivity contribution >= 4 is 14.3 Å². The second kappa shape index (κ2) is 6.84. The number of hydrogen-bond acceptors (Lipinski definition) is 3. The summed E-state index contributed by atoms with van der Waals surface area (Å²) in [4.78, 5) is 11.6. The van der Waals surface area contributed by atoms with Gasteiger partial charge in [-0.25, -0.2) is 4.79 Å². The molecule has 1 heterocycles. The summed E-state index contributed by atoms with van der Waals surface area (Å²) < 4.78 is 12.1. The Kier molecular flexibility index (Phi) is 5.24. The van der Waals surface area contributed by atoms with Crippen molar-refractivity contribution in [2.24, 2.45) is 23.2 Å². The molecule has 2 unspecified atom stereocenters. The van der Waals surface area contributed by atoms with Crippen molar-refractivity contribution in [2.75, 3.05) is 0 Å². The third-order valence-electron chi connectivity index (χ3n) is 7.00. The molecule has 0 spiro atoms. The summed E-state index contributed by atoms with van der Waals surface area (Å²) in [6, 6.07) is 0. The minimum atomic E-state index is -1.50. The molecule has 3 rings (SSSR count).